The molecule has 0 saturated carbocycles. The van der Waals surface area contributed by atoms with E-state index in [-0.39, 0.29) is 13.1 Å². The molecule has 1 heterocycles. The van der Waals surface area contributed by atoms with Crippen molar-refractivity contribution in [3.05, 3.63) is 34.5 Å². The van der Waals surface area contributed by atoms with E-state index in [4.69, 9.17) is 16.3 Å². The van der Waals surface area contributed by atoms with Crippen LogP contribution < -0.4 is 15.4 Å². The van der Waals surface area contributed by atoms with Crippen molar-refractivity contribution in [3.8, 4) is 0 Å². The molecule has 0 aliphatic carbocycles. The molecule has 2 aromatic rings. The van der Waals surface area contributed by atoms with Gasteiger partial charge in [0.2, 0.25) is 5.91 Å². The number of halogens is 1. The van der Waals surface area contributed by atoms with E-state index in [1.54, 1.807) is 43.2 Å². The van der Waals surface area contributed by atoms with Gasteiger partial charge >= 0.3 is 16.3 Å². The van der Waals surface area contributed by atoms with Crippen molar-refractivity contribution < 1.29 is 27.5 Å². The molecule has 11 nitrogen and oxygen atoms in total. The minimum Gasteiger partial charge on any atom is -0.443 e. The van der Waals surface area contributed by atoms with Gasteiger partial charge in [-0.3, -0.25) is 9.59 Å². The van der Waals surface area contributed by atoms with E-state index in [0.717, 1.165) is 20.8 Å². The second-order valence-corrected chi connectivity index (χ2v) is 10.7. The van der Waals surface area contributed by atoms with Crippen molar-refractivity contribution in [1.82, 2.24) is 24.2 Å². The van der Waals surface area contributed by atoms with Crippen LogP contribution in [0, 0.1) is 6.92 Å². The Morgan fingerprint density at radius 2 is 1.82 bits per heavy atom. The summed E-state index contributed by atoms with van der Waals surface area (Å²) in [6.45, 7) is 7.12. The molecule has 2 rings (SSSR count). The lowest BCUT2D eigenvalue weighted by Gasteiger charge is -2.24. The molecule has 13 heteroatoms. The number of rotatable bonds is 8. The Balaban J connectivity index is 2.12. The monoisotopic (exact) mass is 515 g/mol. The Kier molecular flexibility index (Phi) is 8.56. The van der Waals surface area contributed by atoms with Crippen LogP contribution in [0.1, 0.15) is 43.7 Å². The Hall–Kier alpha value is -2.83. The van der Waals surface area contributed by atoms with E-state index in [9.17, 15) is 22.8 Å². The highest BCUT2D eigenvalue weighted by molar-refractivity contribution is 7.87. The van der Waals surface area contributed by atoms with Gasteiger partial charge < -0.3 is 19.9 Å². The minimum atomic E-state index is -4.37. The molecular weight excluding hydrogens is 486 g/mol. The molecule has 0 bridgehead atoms. The Morgan fingerprint density at radius 1 is 1.18 bits per heavy atom. The molecule has 0 unspecified atom stereocenters. The molecule has 188 valence electrons. The van der Waals surface area contributed by atoms with Crippen molar-refractivity contribution >= 4 is 50.6 Å². The third-order valence-electron chi connectivity index (χ3n) is 4.69. The second kappa shape index (κ2) is 10.6. The Morgan fingerprint density at radius 3 is 2.41 bits per heavy atom. The number of nitrogens with one attached hydrogen (secondary N) is 3. The van der Waals surface area contributed by atoms with E-state index >= 15 is 0 Å². The molecule has 0 radical (unpaired) electrons. The highest BCUT2D eigenvalue weighted by atomic mass is 35.5. The van der Waals surface area contributed by atoms with Gasteiger partial charge in [-0.1, -0.05) is 17.7 Å². The van der Waals surface area contributed by atoms with Gasteiger partial charge in [-0.25, -0.2) is 9.52 Å². The van der Waals surface area contributed by atoms with Crippen LogP contribution in [0.2, 0.25) is 5.02 Å². The van der Waals surface area contributed by atoms with Crippen LogP contribution >= 0.6 is 11.6 Å². The summed E-state index contributed by atoms with van der Waals surface area (Å²) in [7, 11) is -2.65. The predicted octanol–water partition coefficient (Wildman–Crippen LogP) is 2.04. The number of amides is 3. The van der Waals surface area contributed by atoms with Crippen molar-refractivity contribution in [2.45, 2.75) is 40.2 Å². The minimum absolute atomic E-state index is 0.0953. The number of nitrogens with zero attached hydrogens (tertiary/aromatic N) is 2. The number of hydrogen-bond acceptors (Lipinski definition) is 6. The highest BCUT2D eigenvalue weighted by Crippen LogP contribution is 2.29. The van der Waals surface area contributed by atoms with Crippen molar-refractivity contribution in [2.75, 3.05) is 19.8 Å². The molecule has 0 fully saturated rings. The Bertz CT molecular complexity index is 1200. The van der Waals surface area contributed by atoms with Gasteiger partial charge in [-0.15, -0.1) is 0 Å². The molecule has 0 aliphatic heterocycles. The van der Waals surface area contributed by atoms with Gasteiger partial charge in [0.1, 0.15) is 11.3 Å². The van der Waals surface area contributed by atoms with Crippen LogP contribution in [0.5, 0.6) is 0 Å². The molecular formula is C21H30ClN5O6S. The normalized spacial score (nSPS) is 12.0. The zero-order chi connectivity index (χ0) is 25.8. The summed E-state index contributed by atoms with van der Waals surface area (Å²) in [5.41, 5.74) is 1.08. The van der Waals surface area contributed by atoms with Crippen LogP contribution in [-0.4, -0.2) is 60.6 Å². The average molecular weight is 516 g/mol. The van der Waals surface area contributed by atoms with Gasteiger partial charge in [0.15, 0.2) is 0 Å². The summed E-state index contributed by atoms with van der Waals surface area (Å²) in [4.78, 5) is 36.0. The number of benzene rings is 1. The van der Waals surface area contributed by atoms with Crippen LogP contribution in [0.25, 0.3) is 10.9 Å². The summed E-state index contributed by atoms with van der Waals surface area (Å²) < 4.78 is 34.6. The van der Waals surface area contributed by atoms with Gasteiger partial charge in [-0.2, -0.15) is 12.7 Å². The fourth-order valence-electron chi connectivity index (χ4n) is 3.04. The number of hydrogen-bond donors (Lipinski definition) is 3. The van der Waals surface area contributed by atoms with E-state index < -0.39 is 40.4 Å². The highest BCUT2D eigenvalue weighted by Gasteiger charge is 2.27. The summed E-state index contributed by atoms with van der Waals surface area (Å²) in [5, 5.41) is 6.29. The topological polar surface area (TPSA) is 139 Å². The average Bonchev–Trinajstić information content (AvgIpc) is 3.02. The Labute approximate surface area is 203 Å². The summed E-state index contributed by atoms with van der Waals surface area (Å²) in [6, 6.07) is 5.38. The number of carbonyl (C=O) groups is 3. The van der Waals surface area contributed by atoms with Crippen molar-refractivity contribution in [1.29, 1.82) is 0 Å². The largest absolute Gasteiger partial charge is 0.443 e. The van der Waals surface area contributed by atoms with Gasteiger partial charge in [0.25, 0.3) is 5.91 Å². The first-order valence-electron chi connectivity index (χ1n) is 10.4. The lowest BCUT2D eigenvalue weighted by Crippen LogP contribution is -2.51. The third-order valence-corrected chi connectivity index (χ3v) is 6.61. The first kappa shape index (κ1) is 27.4. The van der Waals surface area contributed by atoms with E-state index in [1.165, 1.54) is 6.92 Å². The van der Waals surface area contributed by atoms with Gasteiger partial charge in [0, 0.05) is 38.0 Å². The molecule has 0 saturated heterocycles. The number of fused-ring (bicyclic) bond motifs is 1. The molecule has 1 aromatic heterocycles. The zero-order valence-electron chi connectivity index (χ0n) is 20.0. The SMILES string of the molecule is CC(=O)NCN(CCNC(=O)c1cc2c(Cl)c(C)ccc2n1C)S(=O)(=O)NC(=O)OC(C)(C)C. The fourth-order valence-corrected chi connectivity index (χ4v) is 4.20. The number of aryl methyl sites for hydroxylation is 2. The molecule has 3 amide bonds. The fraction of sp³-hybridized carbons (Fsp3) is 0.476. The zero-order valence-corrected chi connectivity index (χ0v) is 21.6. The number of aromatic nitrogens is 1. The first-order chi connectivity index (χ1) is 15.6. The smallest absolute Gasteiger partial charge is 0.422 e. The molecule has 0 spiro atoms. The van der Waals surface area contributed by atoms with Crippen molar-refractivity contribution in [2.24, 2.45) is 7.05 Å². The number of ether oxygens (including phenoxy) is 1. The van der Waals surface area contributed by atoms with Crippen molar-refractivity contribution in [3.63, 3.8) is 0 Å². The van der Waals surface area contributed by atoms with Crippen LogP contribution in [0.15, 0.2) is 18.2 Å². The predicted molar refractivity (Wildman–Crippen MR) is 129 cm³/mol. The van der Waals surface area contributed by atoms with E-state index in [0.29, 0.717) is 10.7 Å². The maximum Gasteiger partial charge on any atom is 0.422 e. The van der Waals surface area contributed by atoms with E-state index in [2.05, 4.69) is 10.6 Å². The maximum absolute atomic E-state index is 12.8. The van der Waals surface area contributed by atoms with E-state index in [1.807, 2.05) is 19.1 Å². The second-order valence-electron chi connectivity index (χ2n) is 8.65. The summed E-state index contributed by atoms with van der Waals surface area (Å²) in [6.07, 6.45) is -1.16. The molecule has 3 N–H and O–H groups in total. The molecule has 34 heavy (non-hydrogen) atoms. The van der Waals surface area contributed by atoms with Crippen LogP contribution in [-0.2, 0) is 26.8 Å². The summed E-state index contributed by atoms with van der Waals surface area (Å²) >= 11 is 6.36. The summed E-state index contributed by atoms with van der Waals surface area (Å²) in [5.74, 6) is -0.909. The standard InChI is InChI=1S/C21H30ClN5O6S/c1-13-7-8-16-15(18(13)22)11-17(26(16)6)19(29)23-9-10-27(12-24-14(2)28)34(31,32)25-20(30)33-21(3,4)5/h7-8,11H,9-10,12H2,1-6H3,(H,23,29)(H,24,28)(H,25,30). The number of carbonyl (C=O) groups excluding carboxylic acids is 3. The van der Waals surface area contributed by atoms with Gasteiger partial charge in [0.05, 0.1) is 11.7 Å². The molecule has 1 aromatic carbocycles. The quantitative estimate of drug-likeness (QED) is 0.460. The third kappa shape index (κ3) is 7.08. The first-order valence-corrected chi connectivity index (χ1v) is 12.2. The van der Waals surface area contributed by atoms with Gasteiger partial charge in [-0.05, 0) is 45.4 Å². The molecule has 0 atom stereocenters. The van der Waals surface area contributed by atoms with Crippen LogP contribution in [0.3, 0.4) is 0 Å². The van der Waals surface area contributed by atoms with Crippen LogP contribution in [0.4, 0.5) is 4.79 Å². The lowest BCUT2D eigenvalue weighted by molar-refractivity contribution is -0.119. The molecule has 0 aliphatic rings. The lowest BCUT2D eigenvalue weighted by atomic mass is 10.2. The maximum atomic E-state index is 12.8.